The highest BCUT2D eigenvalue weighted by atomic mass is 31.2. The topological polar surface area (TPSA) is 35.5 Å². The standard InChI is InChI=1S/C15H25OP.C8H10O2/c1-6-7-8-17(5,16)11-15-13(3)9-12(2)10-14(15)4;1-9-7-4-3-5-8(6-7)10-2/h9-10H,6-8,11H2,1-5H3;3-6H,1-2H3. The Balaban J connectivity index is 0.000000309. The minimum absolute atomic E-state index is 0.769. The summed E-state index contributed by atoms with van der Waals surface area (Å²) in [6, 6.07) is 11.9. The molecule has 4 heteroatoms. The lowest BCUT2D eigenvalue weighted by atomic mass is 10.0. The molecule has 0 aliphatic heterocycles. The van der Waals surface area contributed by atoms with Crippen LogP contribution in [0.15, 0.2) is 36.4 Å². The predicted molar refractivity (Wildman–Crippen MR) is 117 cm³/mol. The molecule has 0 radical (unpaired) electrons. The van der Waals surface area contributed by atoms with Gasteiger partial charge in [-0.05, 0) is 62.7 Å². The summed E-state index contributed by atoms with van der Waals surface area (Å²) in [4.78, 5) is 0. The maximum atomic E-state index is 12.5. The Morgan fingerprint density at radius 1 is 0.926 bits per heavy atom. The smallest absolute Gasteiger partial charge is 0.122 e. The zero-order valence-electron chi connectivity index (χ0n) is 18.0. The Hall–Kier alpha value is -1.73. The summed E-state index contributed by atoms with van der Waals surface area (Å²) in [5, 5.41) is 0. The molecule has 0 saturated heterocycles. The lowest BCUT2D eigenvalue weighted by Crippen LogP contribution is -1.98. The number of methoxy groups -OCH3 is 2. The Kier molecular flexibility index (Phi) is 9.66. The zero-order valence-corrected chi connectivity index (χ0v) is 18.9. The number of hydrogen-bond donors (Lipinski definition) is 0. The lowest BCUT2D eigenvalue weighted by molar-refractivity contribution is 0.394. The maximum absolute atomic E-state index is 12.5. The summed E-state index contributed by atoms with van der Waals surface area (Å²) in [6.07, 6.45) is 3.86. The molecule has 150 valence electrons. The number of unbranched alkanes of at least 4 members (excludes halogenated alkanes) is 1. The number of ether oxygens (including phenoxy) is 2. The SMILES string of the molecule is CCCCP(C)(=O)Cc1c(C)cc(C)cc1C.COc1cccc(OC)c1. The molecule has 1 unspecified atom stereocenters. The van der Waals surface area contributed by atoms with Gasteiger partial charge in [0, 0.05) is 18.4 Å². The first kappa shape index (κ1) is 23.3. The summed E-state index contributed by atoms with van der Waals surface area (Å²) in [6.45, 7) is 10.5. The van der Waals surface area contributed by atoms with Crippen LogP contribution in [0.4, 0.5) is 0 Å². The van der Waals surface area contributed by atoms with Crippen LogP contribution in [0.1, 0.15) is 42.0 Å². The van der Waals surface area contributed by atoms with Crippen LogP contribution in [0, 0.1) is 20.8 Å². The summed E-state index contributed by atoms with van der Waals surface area (Å²) in [7, 11) is 1.27. The third kappa shape index (κ3) is 8.22. The van der Waals surface area contributed by atoms with Gasteiger partial charge in [-0.2, -0.15) is 0 Å². The summed E-state index contributed by atoms with van der Waals surface area (Å²) in [5.41, 5.74) is 5.18. The molecule has 0 bridgehead atoms. The first-order valence-electron chi connectivity index (χ1n) is 9.52. The third-order valence-corrected chi connectivity index (χ3v) is 6.84. The van der Waals surface area contributed by atoms with Crippen molar-refractivity contribution in [2.24, 2.45) is 0 Å². The highest BCUT2D eigenvalue weighted by Crippen LogP contribution is 2.47. The largest absolute Gasteiger partial charge is 0.497 e. The second-order valence-corrected chi connectivity index (χ2v) is 10.6. The molecule has 0 aromatic heterocycles. The molecule has 0 amide bonds. The van der Waals surface area contributed by atoms with Crippen LogP contribution in [0.3, 0.4) is 0 Å². The van der Waals surface area contributed by atoms with Crippen LogP contribution in [-0.4, -0.2) is 27.0 Å². The van der Waals surface area contributed by atoms with Gasteiger partial charge in [-0.15, -0.1) is 0 Å². The van der Waals surface area contributed by atoms with E-state index in [0.29, 0.717) is 0 Å². The number of rotatable bonds is 7. The van der Waals surface area contributed by atoms with Gasteiger partial charge in [-0.1, -0.05) is 37.1 Å². The molecule has 0 saturated carbocycles. The predicted octanol–water partition coefficient (Wildman–Crippen LogP) is 6.61. The molecule has 0 aliphatic carbocycles. The van der Waals surface area contributed by atoms with Crippen molar-refractivity contribution in [3.63, 3.8) is 0 Å². The fourth-order valence-corrected chi connectivity index (χ4v) is 5.40. The van der Waals surface area contributed by atoms with Crippen molar-refractivity contribution >= 4 is 7.14 Å². The lowest BCUT2D eigenvalue weighted by Gasteiger charge is -2.17. The second-order valence-electron chi connectivity index (χ2n) is 7.29. The van der Waals surface area contributed by atoms with Crippen molar-refractivity contribution in [3.05, 3.63) is 58.7 Å². The van der Waals surface area contributed by atoms with Crippen LogP contribution in [0.25, 0.3) is 0 Å². The molecule has 2 aromatic rings. The monoisotopic (exact) mass is 390 g/mol. The van der Waals surface area contributed by atoms with Gasteiger partial charge in [0.1, 0.15) is 11.5 Å². The average Bonchev–Trinajstić information content (AvgIpc) is 2.63. The van der Waals surface area contributed by atoms with Gasteiger partial charge in [0.25, 0.3) is 0 Å². The van der Waals surface area contributed by atoms with Gasteiger partial charge in [0.15, 0.2) is 0 Å². The van der Waals surface area contributed by atoms with Crippen molar-refractivity contribution in [2.45, 2.75) is 46.7 Å². The van der Waals surface area contributed by atoms with E-state index in [1.165, 1.54) is 22.3 Å². The molecule has 0 spiro atoms. The first-order chi connectivity index (χ1) is 12.7. The van der Waals surface area contributed by atoms with Gasteiger partial charge in [0.2, 0.25) is 0 Å². The maximum Gasteiger partial charge on any atom is 0.122 e. The molecule has 27 heavy (non-hydrogen) atoms. The van der Waals surface area contributed by atoms with Gasteiger partial charge in [0.05, 0.1) is 21.4 Å². The van der Waals surface area contributed by atoms with E-state index in [4.69, 9.17) is 9.47 Å². The molecule has 0 aliphatic rings. The van der Waals surface area contributed by atoms with Gasteiger partial charge in [-0.25, -0.2) is 0 Å². The van der Waals surface area contributed by atoms with E-state index >= 15 is 0 Å². The van der Waals surface area contributed by atoms with Crippen LogP contribution in [-0.2, 0) is 10.7 Å². The minimum Gasteiger partial charge on any atom is -0.497 e. The molecule has 0 fully saturated rings. The molecule has 2 aromatic carbocycles. The Bertz CT molecular complexity index is 726. The van der Waals surface area contributed by atoms with E-state index in [2.05, 4.69) is 39.8 Å². The van der Waals surface area contributed by atoms with Crippen molar-refractivity contribution in [1.82, 2.24) is 0 Å². The van der Waals surface area contributed by atoms with Crippen LogP contribution < -0.4 is 9.47 Å². The molecule has 3 nitrogen and oxygen atoms in total. The molecule has 0 heterocycles. The van der Waals surface area contributed by atoms with Crippen molar-refractivity contribution in [3.8, 4) is 11.5 Å². The fraction of sp³-hybridized carbons (Fsp3) is 0.478. The quantitative estimate of drug-likeness (QED) is 0.499. The molecule has 2 rings (SSSR count). The van der Waals surface area contributed by atoms with Crippen molar-refractivity contribution in [1.29, 1.82) is 0 Å². The number of hydrogen-bond acceptors (Lipinski definition) is 3. The van der Waals surface area contributed by atoms with E-state index in [1.54, 1.807) is 14.2 Å². The van der Waals surface area contributed by atoms with Crippen LogP contribution in [0.2, 0.25) is 0 Å². The second kappa shape index (κ2) is 11.2. The van der Waals surface area contributed by atoms with Crippen LogP contribution in [0.5, 0.6) is 11.5 Å². The minimum atomic E-state index is -2.00. The normalized spacial score (nSPS) is 12.6. The van der Waals surface area contributed by atoms with E-state index < -0.39 is 7.14 Å². The Morgan fingerprint density at radius 3 is 1.89 bits per heavy atom. The van der Waals surface area contributed by atoms with Gasteiger partial charge < -0.3 is 14.0 Å². The van der Waals surface area contributed by atoms with Gasteiger partial charge in [-0.3, -0.25) is 0 Å². The fourth-order valence-electron chi connectivity index (χ4n) is 3.09. The summed E-state index contributed by atoms with van der Waals surface area (Å²) < 4.78 is 22.5. The van der Waals surface area contributed by atoms with E-state index in [0.717, 1.165) is 36.7 Å². The molecule has 1 atom stereocenters. The average molecular weight is 391 g/mol. The number of benzene rings is 2. The summed E-state index contributed by atoms with van der Waals surface area (Å²) in [5.74, 6) is 1.64. The highest BCUT2D eigenvalue weighted by molar-refractivity contribution is 7.62. The van der Waals surface area contributed by atoms with E-state index in [9.17, 15) is 4.57 Å². The molecular formula is C23H35O3P. The Labute approximate surface area is 165 Å². The van der Waals surface area contributed by atoms with Crippen molar-refractivity contribution in [2.75, 3.05) is 27.0 Å². The third-order valence-electron chi connectivity index (χ3n) is 4.59. The molecular weight excluding hydrogens is 355 g/mol. The first-order valence-corrected chi connectivity index (χ1v) is 12.0. The zero-order chi connectivity index (χ0) is 20.4. The molecule has 0 N–H and O–H groups in total. The van der Waals surface area contributed by atoms with Gasteiger partial charge >= 0.3 is 0 Å². The Morgan fingerprint density at radius 2 is 1.44 bits per heavy atom. The van der Waals surface area contributed by atoms with E-state index in [1.807, 2.05) is 30.9 Å². The highest BCUT2D eigenvalue weighted by Gasteiger charge is 2.18. The summed E-state index contributed by atoms with van der Waals surface area (Å²) >= 11 is 0. The van der Waals surface area contributed by atoms with Crippen LogP contribution >= 0.6 is 7.14 Å². The van der Waals surface area contributed by atoms with E-state index in [-0.39, 0.29) is 0 Å². The van der Waals surface area contributed by atoms with Crippen molar-refractivity contribution < 1.29 is 14.0 Å². The number of aryl methyl sites for hydroxylation is 3.